The summed E-state index contributed by atoms with van der Waals surface area (Å²) in [7, 11) is -13.0. The minimum Gasteiger partial charge on any atom is -0.481 e. The highest BCUT2D eigenvalue weighted by molar-refractivity contribution is 9.12. The van der Waals surface area contributed by atoms with Crippen molar-refractivity contribution in [2.45, 2.75) is 87.7 Å². The van der Waals surface area contributed by atoms with Crippen LogP contribution in [-0.4, -0.2) is 85.4 Å². The van der Waals surface area contributed by atoms with Crippen LogP contribution in [0.5, 0.6) is 0 Å². The third-order valence-electron chi connectivity index (χ3n) is 10.9. The van der Waals surface area contributed by atoms with Gasteiger partial charge in [0.2, 0.25) is 0 Å². The Labute approximate surface area is 336 Å². The number of hydrogen-bond acceptors (Lipinski definition) is 10. The summed E-state index contributed by atoms with van der Waals surface area (Å²) in [6, 6.07) is 9.37. The van der Waals surface area contributed by atoms with Crippen LogP contribution in [0.25, 0.3) is 0 Å². The fourth-order valence-corrected chi connectivity index (χ4v) is 10.0. The summed E-state index contributed by atoms with van der Waals surface area (Å²) in [6.07, 6.45) is 9.25. The average molecular weight is 900 g/mol. The molecule has 0 bridgehead atoms. The minimum absolute atomic E-state index is 0.0134. The van der Waals surface area contributed by atoms with Crippen LogP contribution in [0.15, 0.2) is 86.9 Å². The SMILES string of the molecule is CC1(C)/C(=C\C=C2/CCCC(/C=C/C3(O)N(CCCS(=O)(=O)O)c4ccc(CC(=O)O)cc4C3(C)C)=C2Br)N(CCCS(=O)(=O)O)c2ccc(S(=O)(=O)O)cc21. The maximum atomic E-state index is 12.5. The monoisotopic (exact) mass is 898 g/mol. The Morgan fingerprint density at radius 2 is 1.46 bits per heavy atom. The van der Waals surface area contributed by atoms with Crippen LogP contribution in [0, 0.1) is 0 Å². The maximum Gasteiger partial charge on any atom is 0.307 e. The number of allylic oxidation sites excluding steroid dienone is 7. The summed E-state index contributed by atoms with van der Waals surface area (Å²) >= 11 is 3.78. The van der Waals surface area contributed by atoms with Crippen LogP contribution >= 0.6 is 15.9 Å². The van der Waals surface area contributed by atoms with E-state index in [1.54, 1.807) is 35.2 Å². The first kappa shape index (κ1) is 43.8. The molecule has 1 aliphatic carbocycles. The molecule has 0 spiro atoms. The van der Waals surface area contributed by atoms with Gasteiger partial charge in [0.1, 0.15) is 0 Å². The van der Waals surface area contributed by atoms with Crippen molar-refractivity contribution in [3.05, 3.63) is 98.7 Å². The molecule has 0 fully saturated rings. The second kappa shape index (κ2) is 15.8. The topological polar surface area (TPSA) is 227 Å². The Balaban J connectivity index is 1.53. The number of carboxylic acid groups (broad SMARTS) is 1. The van der Waals surface area contributed by atoms with Crippen molar-refractivity contribution >= 4 is 63.6 Å². The van der Waals surface area contributed by atoms with Gasteiger partial charge in [-0.3, -0.25) is 18.5 Å². The summed E-state index contributed by atoms with van der Waals surface area (Å²) in [6.45, 7) is 7.69. The number of rotatable bonds is 14. The van der Waals surface area contributed by atoms with E-state index in [2.05, 4.69) is 15.9 Å². The molecule has 56 heavy (non-hydrogen) atoms. The number of anilines is 2. The van der Waals surface area contributed by atoms with Gasteiger partial charge >= 0.3 is 5.97 Å². The number of carbonyl (C=O) groups is 1. The minimum atomic E-state index is -4.51. The van der Waals surface area contributed by atoms with E-state index in [1.165, 1.54) is 12.1 Å². The first-order valence-corrected chi connectivity index (χ1v) is 23.4. The molecule has 1 unspecified atom stereocenters. The molecule has 3 aliphatic rings. The quantitative estimate of drug-likeness (QED) is 0.139. The molecule has 5 rings (SSSR count). The molecule has 5 N–H and O–H groups in total. The molecule has 306 valence electrons. The van der Waals surface area contributed by atoms with Crippen LogP contribution in [0.4, 0.5) is 11.4 Å². The molecule has 0 radical (unpaired) electrons. The van der Waals surface area contributed by atoms with Crippen molar-refractivity contribution in [3.8, 4) is 0 Å². The van der Waals surface area contributed by atoms with Gasteiger partial charge in [0.05, 0.1) is 22.8 Å². The Morgan fingerprint density at radius 1 is 0.839 bits per heavy atom. The standard InChI is InChI=1S/C38H47BrN2O12S3/c1-36(2)29-24-28(56(51,52)53)12-14-31(29)40(18-6-20-54(45,46)47)33(36)15-11-26-8-5-9-27(35(26)39)16-17-38(44)37(3,4)30-22-25(23-34(42)43)10-13-32(30)41(38)19-7-21-55(48,49)50/h10-17,22,24,44H,5-9,18-21,23H2,1-4H3,(H,42,43)(H,45,46,47)(H,48,49,50)(H,51,52,53)/b17-16+,26-11+,33-15+. The molecule has 0 saturated heterocycles. The molecule has 1 atom stereocenters. The van der Waals surface area contributed by atoms with Gasteiger partial charge in [-0.1, -0.05) is 67.9 Å². The van der Waals surface area contributed by atoms with E-state index < -0.39 is 64.4 Å². The third kappa shape index (κ3) is 9.17. The Kier molecular flexibility index (Phi) is 12.3. The van der Waals surface area contributed by atoms with Crippen molar-refractivity contribution in [1.82, 2.24) is 0 Å². The van der Waals surface area contributed by atoms with E-state index in [0.717, 1.165) is 27.7 Å². The summed E-state index contributed by atoms with van der Waals surface area (Å²) in [5, 5.41) is 21.9. The highest BCUT2D eigenvalue weighted by Gasteiger charge is 2.54. The van der Waals surface area contributed by atoms with Gasteiger partial charge in [-0.25, -0.2) is 0 Å². The van der Waals surface area contributed by atoms with E-state index in [0.29, 0.717) is 40.9 Å². The second-order valence-electron chi connectivity index (χ2n) is 15.4. The lowest BCUT2D eigenvalue weighted by Gasteiger charge is -2.41. The van der Waals surface area contributed by atoms with Gasteiger partial charge in [0, 0.05) is 45.5 Å². The first-order chi connectivity index (χ1) is 25.8. The predicted molar refractivity (Wildman–Crippen MR) is 217 cm³/mol. The Morgan fingerprint density at radius 3 is 2.07 bits per heavy atom. The van der Waals surface area contributed by atoms with Crippen LogP contribution in [0.1, 0.15) is 76.5 Å². The van der Waals surface area contributed by atoms with Gasteiger partial charge in [0.25, 0.3) is 30.4 Å². The van der Waals surface area contributed by atoms with Gasteiger partial charge in [-0.05, 0) is 96.4 Å². The molecular formula is C38H47BrN2O12S3. The summed E-state index contributed by atoms with van der Waals surface area (Å²) in [5.41, 5.74) is 2.12. The largest absolute Gasteiger partial charge is 0.481 e. The summed E-state index contributed by atoms with van der Waals surface area (Å²) < 4.78 is 99.6. The summed E-state index contributed by atoms with van der Waals surface area (Å²) in [5.74, 6) is -2.00. The third-order valence-corrected chi connectivity index (χ3v) is 14.3. The molecule has 0 aromatic heterocycles. The number of benzene rings is 2. The Hall–Kier alpha value is -3.36. The number of aliphatic hydroxyl groups is 1. The van der Waals surface area contributed by atoms with Crippen LogP contribution < -0.4 is 9.80 Å². The highest BCUT2D eigenvalue weighted by atomic mass is 79.9. The molecule has 0 amide bonds. The van der Waals surface area contributed by atoms with Gasteiger partial charge < -0.3 is 20.0 Å². The van der Waals surface area contributed by atoms with E-state index in [9.17, 15) is 53.9 Å². The molecule has 2 aromatic carbocycles. The molecule has 18 heteroatoms. The van der Waals surface area contributed by atoms with Crippen LogP contribution in [-0.2, 0) is 52.4 Å². The van der Waals surface area contributed by atoms with E-state index >= 15 is 0 Å². The number of aliphatic carboxylic acids is 1. The van der Waals surface area contributed by atoms with E-state index in [-0.39, 0.29) is 37.2 Å². The maximum absolute atomic E-state index is 12.5. The zero-order valence-corrected chi connectivity index (χ0v) is 35.5. The van der Waals surface area contributed by atoms with Crippen molar-refractivity contribution in [3.63, 3.8) is 0 Å². The van der Waals surface area contributed by atoms with Crippen LogP contribution in [0.3, 0.4) is 0 Å². The molecule has 14 nitrogen and oxygen atoms in total. The van der Waals surface area contributed by atoms with Gasteiger partial charge in [-0.2, -0.15) is 25.3 Å². The number of fused-ring (bicyclic) bond motifs is 2. The lowest BCUT2D eigenvalue weighted by atomic mass is 9.76. The number of hydrogen-bond donors (Lipinski definition) is 5. The van der Waals surface area contributed by atoms with Gasteiger partial charge in [-0.15, -0.1) is 0 Å². The zero-order valence-electron chi connectivity index (χ0n) is 31.4. The molecule has 2 heterocycles. The van der Waals surface area contributed by atoms with Gasteiger partial charge in [0.15, 0.2) is 5.72 Å². The van der Waals surface area contributed by atoms with Crippen molar-refractivity contribution in [2.24, 2.45) is 0 Å². The molecular weight excluding hydrogens is 853 g/mol. The lowest BCUT2D eigenvalue weighted by molar-refractivity contribution is -0.136. The van der Waals surface area contributed by atoms with E-state index in [1.807, 2.05) is 50.8 Å². The molecule has 0 saturated carbocycles. The van der Waals surface area contributed by atoms with Crippen molar-refractivity contribution in [1.29, 1.82) is 0 Å². The number of carboxylic acids is 1. The molecule has 2 aromatic rings. The van der Waals surface area contributed by atoms with Crippen molar-refractivity contribution < 1.29 is 53.9 Å². The molecule has 2 aliphatic heterocycles. The number of nitrogens with zero attached hydrogens (tertiary/aromatic N) is 2. The van der Waals surface area contributed by atoms with E-state index in [4.69, 9.17) is 0 Å². The summed E-state index contributed by atoms with van der Waals surface area (Å²) in [4.78, 5) is 14.8. The number of halogens is 1. The smallest absolute Gasteiger partial charge is 0.307 e. The van der Waals surface area contributed by atoms with Crippen molar-refractivity contribution in [2.75, 3.05) is 34.4 Å². The predicted octanol–water partition coefficient (Wildman–Crippen LogP) is 5.90. The Bertz CT molecular complexity index is 2380. The fourth-order valence-electron chi connectivity index (χ4n) is 7.88. The zero-order chi connectivity index (χ0) is 41.6. The lowest BCUT2D eigenvalue weighted by Crippen LogP contribution is -2.55. The second-order valence-corrected chi connectivity index (χ2v) is 20.8. The normalized spacial score (nSPS) is 22.4. The fraction of sp³-hybridized carbons (Fsp3) is 0.447. The average Bonchev–Trinajstić information content (AvgIpc) is 3.37. The van der Waals surface area contributed by atoms with Crippen LogP contribution in [0.2, 0.25) is 0 Å². The highest BCUT2D eigenvalue weighted by Crippen LogP contribution is 2.52. The first-order valence-electron chi connectivity index (χ1n) is 17.9.